The fourth-order valence-corrected chi connectivity index (χ4v) is 1.82. The van der Waals surface area contributed by atoms with E-state index in [-0.39, 0.29) is 5.75 Å². The number of halogens is 1. The van der Waals surface area contributed by atoms with Crippen molar-refractivity contribution in [1.29, 1.82) is 0 Å². The molecular weight excluding hydrogens is 245 g/mol. The van der Waals surface area contributed by atoms with Crippen molar-refractivity contribution in [3.05, 3.63) is 53.3 Å². The molecule has 0 radical (unpaired) electrons. The number of aromatic hydroxyl groups is 1. The maximum atomic E-state index is 13.2. The van der Waals surface area contributed by atoms with E-state index in [4.69, 9.17) is 9.84 Å². The highest BCUT2D eigenvalue weighted by atomic mass is 19.1. The fraction of sp³-hybridized carbons (Fsp3) is 0.200. The number of phenols is 1. The van der Waals surface area contributed by atoms with Gasteiger partial charge in [0.2, 0.25) is 0 Å². The normalized spacial score (nSPS) is 10.3. The van der Waals surface area contributed by atoms with Crippen LogP contribution in [0.15, 0.2) is 36.4 Å². The molecule has 0 fully saturated rings. The Labute approximate surface area is 111 Å². The molecule has 0 saturated carbocycles. The molecule has 4 heteroatoms. The number of anilines is 1. The molecule has 0 aliphatic rings. The van der Waals surface area contributed by atoms with Crippen LogP contribution in [0.2, 0.25) is 0 Å². The number of phenolic OH excluding ortho intramolecular Hbond substituents is 1. The summed E-state index contributed by atoms with van der Waals surface area (Å²) in [6, 6.07) is 10.1. The van der Waals surface area contributed by atoms with Gasteiger partial charge >= 0.3 is 0 Å². The summed E-state index contributed by atoms with van der Waals surface area (Å²) in [5.74, 6) is -0.131. The van der Waals surface area contributed by atoms with Crippen LogP contribution in [0.5, 0.6) is 11.5 Å². The van der Waals surface area contributed by atoms with Crippen molar-refractivity contribution in [2.75, 3.05) is 12.4 Å². The van der Waals surface area contributed by atoms with Gasteiger partial charge in [0, 0.05) is 12.2 Å². The molecule has 0 unspecified atom stereocenters. The van der Waals surface area contributed by atoms with Gasteiger partial charge in [0.1, 0.15) is 5.75 Å². The van der Waals surface area contributed by atoms with Crippen molar-refractivity contribution >= 4 is 5.69 Å². The summed E-state index contributed by atoms with van der Waals surface area (Å²) in [4.78, 5) is 0. The first-order valence-electron chi connectivity index (χ1n) is 5.96. The lowest BCUT2D eigenvalue weighted by Crippen LogP contribution is -2.01. The minimum absolute atomic E-state index is 0.329. The van der Waals surface area contributed by atoms with Crippen molar-refractivity contribution in [2.24, 2.45) is 0 Å². The molecule has 3 nitrogen and oxygen atoms in total. The first-order chi connectivity index (χ1) is 9.10. The molecule has 0 bridgehead atoms. The van der Waals surface area contributed by atoms with E-state index in [1.165, 1.54) is 12.1 Å². The lowest BCUT2D eigenvalue weighted by molar-refractivity contribution is 0.414. The van der Waals surface area contributed by atoms with Crippen LogP contribution in [0.4, 0.5) is 10.1 Å². The highest BCUT2D eigenvalue weighted by molar-refractivity contribution is 5.53. The van der Waals surface area contributed by atoms with Crippen molar-refractivity contribution in [1.82, 2.24) is 0 Å². The van der Waals surface area contributed by atoms with E-state index < -0.39 is 5.82 Å². The van der Waals surface area contributed by atoms with E-state index in [0.29, 0.717) is 6.54 Å². The van der Waals surface area contributed by atoms with Gasteiger partial charge in [-0.05, 0) is 48.4 Å². The lowest BCUT2D eigenvalue weighted by atomic mass is 10.1. The van der Waals surface area contributed by atoms with Crippen molar-refractivity contribution in [2.45, 2.75) is 13.5 Å². The Morgan fingerprint density at radius 3 is 2.63 bits per heavy atom. The van der Waals surface area contributed by atoms with Gasteiger partial charge in [0.05, 0.1) is 7.11 Å². The zero-order valence-electron chi connectivity index (χ0n) is 10.9. The Balaban J connectivity index is 2.07. The molecule has 0 amide bonds. The number of hydrogen-bond acceptors (Lipinski definition) is 3. The predicted molar refractivity (Wildman–Crippen MR) is 73.1 cm³/mol. The highest BCUT2D eigenvalue weighted by Gasteiger charge is 2.03. The van der Waals surface area contributed by atoms with Gasteiger partial charge in [-0.2, -0.15) is 0 Å². The largest absolute Gasteiger partial charge is 0.505 e. The Bertz CT molecular complexity index is 584. The highest BCUT2D eigenvalue weighted by Crippen LogP contribution is 2.22. The van der Waals surface area contributed by atoms with Gasteiger partial charge in [-0.3, -0.25) is 0 Å². The van der Waals surface area contributed by atoms with Crippen LogP contribution in [-0.2, 0) is 6.54 Å². The van der Waals surface area contributed by atoms with Crippen LogP contribution in [0.25, 0.3) is 0 Å². The molecule has 0 aromatic heterocycles. The molecule has 0 saturated heterocycles. The van der Waals surface area contributed by atoms with Crippen LogP contribution in [0, 0.1) is 12.7 Å². The van der Waals surface area contributed by atoms with Gasteiger partial charge in [-0.15, -0.1) is 0 Å². The second kappa shape index (κ2) is 5.61. The number of benzene rings is 2. The van der Waals surface area contributed by atoms with Gasteiger partial charge in [-0.1, -0.05) is 6.07 Å². The molecular formula is C15H16FNO2. The smallest absolute Gasteiger partial charge is 0.165 e. The average Bonchev–Trinajstić information content (AvgIpc) is 2.41. The van der Waals surface area contributed by atoms with Crippen LogP contribution >= 0.6 is 0 Å². The Kier molecular flexibility index (Phi) is 3.90. The van der Waals surface area contributed by atoms with Gasteiger partial charge in [0.25, 0.3) is 0 Å². The number of methoxy groups -OCH3 is 1. The molecule has 0 aliphatic heterocycles. The summed E-state index contributed by atoms with van der Waals surface area (Å²) >= 11 is 0. The van der Waals surface area contributed by atoms with Gasteiger partial charge in [-0.25, -0.2) is 4.39 Å². The molecule has 0 aliphatic carbocycles. The summed E-state index contributed by atoms with van der Waals surface area (Å²) in [5, 5.41) is 12.3. The van der Waals surface area contributed by atoms with Crippen molar-refractivity contribution < 1.29 is 14.2 Å². The zero-order chi connectivity index (χ0) is 13.8. The summed E-state index contributed by atoms with van der Waals surface area (Å²) in [6.45, 7) is 2.46. The van der Waals surface area contributed by atoms with Crippen LogP contribution in [0.3, 0.4) is 0 Å². The van der Waals surface area contributed by atoms with Crippen molar-refractivity contribution in [3.8, 4) is 11.5 Å². The van der Waals surface area contributed by atoms with Crippen LogP contribution in [-0.4, -0.2) is 12.2 Å². The standard InChI is InChI=1S/C15H16FNO2/c1-10-7-12(19-2)4-5-14(10)17-9-11-3-6-15(18)13(16)8-11/h3-8,17-18H,9H2,1-2H3. The van der Waals surface area contributed by atoms with Gasteiger partial charge < -0.3 is 15.2 Å². The number of hydrogen-bond donors (Lipinski definition) is 2. The van der Waals surface area contributed by atoms with E-state index >= 15 is 0 Å². The van der Waals surface area contributed by atoms with Crippen molar-refractivity contribution in [3.63, 3.8) is 0 Å². The topological polar surface area (TPSA) is 41.5 Å². The Morgan fingerprint density at radius 2 is 2.00 bits per heavy atom. The van der Waals surface area contributed by atoms with E-state index in [9.17, 15) is 4.39 Å². The van der Waals surface area contributed by atoms with E-state index in [1.807, 2.05) is 25.1 Å². The summed E-state index contributed by atoms with van der Waals surface area (Å²) in [5.41, 5.74) is 2.79. The molecule has 0 spiro atoms. The van der Waals surface area contributed by atoms with Gasteiger partial charge in [0.15, 0.2) is 11.6 Å². The molecule has 0 heterocycles. The summed E-state index contributed by atoms with van der Waals surface area (Å²) in [6.07, 6.45) is 0. The third-order valence-electron chi connectivity index (χ3n) is 2.93. The summed E-state index contributed by atoms with van der Waals surface area (Å²) < 4.78 is 18.3. The number of nitrogens with one attached hydrogen (secondary N) is 1. The molecule has 2 aromatic carbocycles. The lowest BCUT2D eigenvalue weighted by Gasteiger charge is -2.11. The van der Waals surface area contributed by atoms with Crippen LogP contribution < -0.4 is 10.1 Å². The number of rotatable bonds is 4. The quantitative estimate of drug-likeness (QED) is 0.885. The third kappa shape index (κ3) is 3.16. The zero-order valence-corrected chi connectivity index (χ0v) is 10.9. The number of ether oxygens (including phenoxy) is 1. The van der Waals surface area contributed by atoms with E-state index in [0.717, 1.165) is 22.6 Å². The maximum Gasteiger partial charge on any atom is 0.165 e. The second-order valence-electron chi connectivity index (χ2n) is 4.32. The molecule has 2 aromatic rings. The predicted octanol–water partition coefficient (Wildman–Crippen LogP) is 3.46. The minimum atomic E-state index is -0.606. The Morgan fingerprint density at radius 1 is 1.21 bits per heavy atom. The first kappa shape index (κ1) is 13.2. The minimum Gasteiger partial charge on any atom is -0.505 e. The molecule has 100 valence electrons. The summed E-state index contributed by atoms with van der Waals surface area (Å²) in [7, 11) is 1.63. The van der Waals surface area contributed by atoms with E-state index in [1.54, 1.807) is 13.2 Å². The maximum absolute atomic E-state index is 13.2. The fourth-order valence-electron chi connectivity index (χ4n) is 1.82. The first-order valence-corrected chi connectivity index (χ1v) is 5.96. The number of aryl methyl sites for hydroxylation is 1. The van der Waals surface area contributed by atoms with Crippen LogP contribution in [0.1, 0.15) is 11.1 Å². The molecule has 0 atom stereocenters. The molecule has 2 rings (SSSR count). The SMILES string of the molecule is COc1ccc(NCc2ccc(O)c(F)c2)c(C)c1. The Hall–Kier alpha value is -2.23. The average molecular weight is 261 g/mol. The molecule has 19 heavy (non-hydrogen) atoms. The van der Waals surface area contributed by atoms with E-state index in [2.05, 4.69) is 5.32 Å². The second-order valence-corrected chi connectivity index (χ2v) is 4.32. The third-order valence-corrected chi connectivity index (χ3v) is 2.93. The monoisotopic (exact) mass is 261 g/mol. The molecule has 2 N–H and O–H groups in total.